The third-order valence-electron chi connectivity index (χ3n) is 13.7. The predicted octanol–water partition coefficient (Wildman–Crippen LogP) is 7.94. The maximum absolute atomic E-state index is 13.8. The number of hydrogen-bond donors (Lipinski definition) is 2. The van der Waals surface area contributed by atoms with Gasteiger partial charge in [-0.05, 0) is 111 Å². The first-order valence-corrected chi connectivity index (χ1v) is 22.6. The molecule has 3 aromatic heterocycles. The second-order valence-electron chi connectivity index (χ2n) is 19.0. The molecule has 5 aromatic rings. The fourth-order valence-electron chi connectivity index (χ4n) is 12.4. The number of aromatic nitrogens is 4. The van der Waals surface area contributed by atoms with Crippen molar-refractivity contribution in [2.75, 3.05) is 58.1 Å². The van der Waals surface area contributed by atoms with Crippen molar-refractivity contribution in [3.05, 3.63) is 93.9 Å². The van der Waals surface area contributed by atoms with Crippen LogP contribution < -0.4 is 10.2 Å². The molecule has 5 aliphatic rings. The minimum absolute atomic E-state index is 0.0000678. The van der Waals surface area contributed by atoms with Gasteiger partial charge in [-0.2, -0.15) is 5.10 Å². The number of likely N-dealkylation sites (N-methyl/N-ethyl adjacent to an activating group) is 1. The molecule has 4 fully saturated rings. The van der Waals surface area contributed by atoms with Gasteiger partial charge in [0.1, 0.15) is 10.8 Å². The number of pyridine rings is 1. The zero-order valence-corrected chi connectivity index (χ0v) is 36.7. The summed E-state index contributed by atoms with van der Waals surface area (Å²) in [4.78, 5) is 38.3. The molecule has 4 bridgehead atoms. The van der Waals surface area contributed by atoms with Crippen LogP contribution in [0.1, 0.15) is 95.0 Å². The van der Waals surface area contributed by atoms with E-state index in [9.17, 15) is 14.7 Å². The Morgan fingerprint density at radius 1 is 0.869 bits per heavy atom. The number of thiazole rings is 1. The number of carbonyl (C=O) groups excluding carboxylic acids is 1. The zero-order valence-electron chi connectivity index (χ0n) is 35.9. The summed E-state index contributed by atoms with van der Waals surface area (Å²) in [7, 11) is 1.92. The summed E-state index contributed by atoms with van der Waals surface area (Å²) in [6.45, 7) is 12.6. The Kier molecular flexibility index (Phi) is 11.4. The van der Waals surface area contributed by atoms with Crippen molar-refractivity contribution in [3.8, 4) is 11.1 Å². The minimum atomic E-state index is -1.08. The van der Waals surface area contributed by atoms with Gasteiger partial charge in [0.25, 0.3) is 0 Å². The summed E-state index contributed by atoms with van der Waals surface area (Å²) in [5.41, 5.74) is 6.17. The van der Waals surface area contributed by atoms with E-state index in [-0.39, 0.29) is 39.7 Å². The molecular weight excluding hydrogens is 789 g/mol. The highest BCUT2D eigenvalue weighted by molar-refractivity contribution is 7.18. The molecular formula is C48H58N6O6S. The highest BCUT2D eigenvalue weighted by atomic mass is 32.1. The number of nitrogens with one attached hydrogen (secondary N) is 1. The Bertz CT molecular complexity index is 2390. The number of aromatic carboxylic acids is 1. The van der Waals surface area contributed by atoms with Gasteiger partial charge in [0.05, 0.1) is 61.5 Å². The highest BCUT2D eigenvalue weighted by Crippen LogP contribution is 2.72. The van der Waals surface area contributed by atoms with Crippen LogP contribution in [0.5, 0.6) is 0 Å². The maximum atomic E-state index is 13.8. The number of nitrogens with zero attached hydrogens (tertiary/aromatic N) is 5. The molecule has 2 unspecified atom stereocenters. The van der Waals surface area contributed by atoms with E-state index in [1.165, 1.54) is 6.42 Å². The molecule has 12 nitrogen and oxygen atoms in total. The molecule has 61 heavy (non-hydrogen) atoms. The van der Waals surface area contributed by atoms with Gasteiger partial charge < -0.3 is 29.5 Å². The number of carbonyl (C=O) groups is 2. The average Bonchev–Trinajstić information content (AvgIpc) is 3.79. The summed E-state index contributed by atoms with van der Waals surface area (Å²) in [6.07, 6.45) is 9.35. The second-order valence-corrected chi connectivity index (χ2v) is 20.1. The van der Waals surface area contributed by atoms with Crippen molar-refractivity contribution in [2.45, 2.75) is 90.8 Å². The minimum Gasteiger partial charge on any atom is -0.476 e. The molecule has 0 radical (unpaired) electrons. The summed E-state index contributed by atoms with van der Waals surface area (Å²) in [5, 5.41) is 19.4. The highest BCUT2D eigenvalue weighted by Gasteiger charge is 2.66. The number of hydrogen-bond acceptors (Lipinski definition) is 11. The van der Waals surface area contributed by atoms with Crippen molar-refractivity contribution in [2.24, 2.45) is 16.2 Å². The van der Waals surface area contributed by atoms with Gasteiger partial charge in [0.2, 0.25) is 0 Å². The van der Waals surface area contributed by atoms with Gasteiger partial charge in [0, 0.05) is 48.6 Å². The van der Waals surface area contributed by atoms with Crippen LogP contribution in [0, 0.1) is 23.2 Å². The summed E-state index contributed by atoms with van der Waals surface area (Å²) >= 11 is 1.55. The SMILES string of the molecule is CNCCOCCOCCOC12CC3(C)CC(C)(CC(Cn4ncc(-c5ccc(N6CCc7cccc(C(=O)Cc8nc9ccccc9s8)c7C6)nc5C(=O)O)c4C)(C3)C1)C2. The number of rotatable bonds is 18. The van der Waals surface area contributed by atoms with E-state index in [0.29, 0.717) is 63.1 Å². The monoisotopic (exact) mass is 846 g/mol. The Labute approximate surface area is 362 Å². The van der Waals surface area contributed by atoms with Crippen molar-refractivity contribution in [1.29, 1.82) is 0 Å². The van der Waals surface area contributed by atoms with Crippen LogP contribution in [0.15, 0.2) is 60.8 Å². The Morgan fingerprint density at radius 3 is 2.41 bits per heavy atom. The quantitative estimate of drug-likeness (QED) is 0.0656. The largest absolute Gasteiger partial charge is 0.476 e. The van der Waals surface area contributed by atoms with Crippen LogP contribution in [0.3, 0.4) is 0 Å². The third kappa shape index (κ3) is 8.52. The Balaban J connectivity index is 0.903. The molecule has 0 saturated heterocycles. The molecule has 4 heterocycles. The van der Waals surface area contributed by atoms with Gasteiger partial charge in [0.15, 0.2) is 11.5 Å². The second kappa shape index (κ2) is 16.6. The zero-order chi connectivity index (χ0) is 42.4. The number of benzene rings is 2. The molecule has 13 heteroatoms. The van der Waals surface area contributed by atoms with Crippen LogP contribution in [0.4, 0.5) is 5.82 Å². The normalized spacial score (nSPS) is 25.3. The van der Waals surface area contributed by atoms with Gasteiger partial charge in [-0.25, -0.2) is 14.8 Å². The summed E-state index contributed by atoms with van der Waals surface area (Å²) in [6, 6.07) is 17.7. The molecule has 10 rings (SSSR count). The van der Waals surface area contributed by atoms with Crippen molar-refractivity contribution in [3.63, 3.8) is 0 Å². The van der Waals surface area contributed by atoms with Crippen LogP contribution in [-0.2, 0) is 40.1 Å². The van der Waals surface area contributed by atoms with Crippen molar-refractivity contribution < 1.29 is 28.9 Å². The lowest BCUT2D eigenvalue weighted by molar-refractivity contribution is -0.250. The first-order chi connectivity index (χ1) is 29.4. The average molecular weight is 847 g/mol. The van der Waals surface area contributed by atoms with Gasteiger partial charge >= 0.3 is 5.97 Å². The summed E-state index contributed by atoms with van der Waals surface area (Å²) in [5.74, 6) is -0.477. The molecule has 1 aliphatic heterocycles. The molecule has 322 valence electrons. The Morgan fingerprint density at radius 2 is 1.64 bits per heavy atom. The van der Waals surface area contributed by atoms with Crippen LogP contribution in [0.25, 0.3) is 21.3 Å². The molecule has 2 aromatic carbocycles. The molecule has 2 atom stereocenters. The lowest BCUT2D eigenvalue weighted by Gasteiger charge is -2.69. The van der Waals surface area contributed by atoms with Crippen LogP contribution in [0.2, 0.25) is 0 Å². The molecule has 4 aliphatic carbocycles. The number of ether oxygens (including phenoxy) is 3. The van der Waals surface area contributed by atoms with E-state index in [0.717, 1.165) is 89.2 Å². The van der Waals surface area contributed by atoms with E-state index in [2.05, 4.69) is 34.8 Å². The first-order valence-electron chi connectivity index (χ1n) is 21.8. The topological polar surface area (TPSA) is 141 Å². The van der Waals surface area contributed by atoms with Crippen molar-refractivity contribution in [1.82, 2.24) is 25.1 Å². The lowest BCUT2D eigenvalue weighted by Crippen LogP contribution is -2.64. The number of carboxylic acid groups (broad SMARTS) is 1. The van der Waals surface area contributed by atoms with Crippen LogP contribution >= 0.6 is 11.3 Å². The standard InChI is InChI=1S/C48H58N6O6S/c1-32-36(23-50-54(32)31-47-26-45(2)25-46(3,27-47)29-48(28-45,30-47)60-21-20-59-19-18-58-17-15-49-4)35-12-13-41(52-43(35)44(56)57)53-16-14-33-8-7-9-34(37(33)24-53)39(55)22-42-51-38-10-5-6-11-40(38)61-42/h5-13,23,49H,14-22,24-31H2,1-4H3,(H,56,57). The van der Waals surface area contributed by atoms with Crippen LogP contribution in [-0.4, -0.2) is 95.4 Å². The number of fused-ring (bicyclic) bond motifs is 2. The lowest BCUT2D eigenvalue weighted by atomic mass is 9.39. The van der Waals surface area contributed by atoms with E-state index < -0.39 is 5.97 Å². The van der Waals surface area contributed by atoms with E-state index in [1.54, 1.807) is 11.3 Å². The number of anilines is 1. The number of ketones is 1. The van der Waals surface area contributed by atoms with Gasteiger partial charge in [-0.15, -0.1) is 11.3 Å². The van der Waals surface area contributed by atoms with Gasteiger partial charge in [-0.3, -0.25) is 9.48 Å². The third-order valence-corrected chi connectivity index (χ3v) is 14.7. The predicted molar refractivity (Wildman–Crippen MR) is 237 cm³/mol. The summed E-state index contributed by atoms with van der Waals surface area (Å²) < 4.78 is 21.5. The Hall–Kier alpha value is -4.53. The maximum Gasteiger partial charge on any atom is 0.355 e. The fourth-order valence-corrected chi connectivity index (χ4v) is 13.4. The molecule has 4 saturated carbocycles. The number of carboxylic acids is 1. The number of Topliss-reactive ketones (excluding diaryl/α,β-unsaturated/α-hetero) is 1. The number of para-hydroxylation sites is 1. The smallest absolute Gasteiger partial charge is 0.355 e. The van der Waals surface area contributed by atoms with E-state index in [1.807, 2.05) is 68.7 Å². The van der Waals surface area contributed by atoms with Gasteiger partial charge in [-0.1, -0.05) is 44.2 Å². The fraction of sp³-hybridized carbons (Fsp3) is 0.521. The molecule has 0 spiro atoms. The van der Waals surface area contributed by atoms with E-state index >= 15 is 0 Å². The molecule has 0 amide bonds. The van der Waals surface area contributed by atoms with Crippen molar-refractivity contribution >= 4 is 39.1 Å². The molecule has 2 N–H and O–H groups in total. The first kappa shape index (κ1) is 41.8. The van der Waals surface area contributed by atoms with E-state index in [4.69, 9.17) is 29.3 Å².